The normalized spacial score (nSPS) is 19.8. The molecule has 1 atom stereocenters. The number of hydrogen-bond donors (Lipinski definition) is 4. The van der Waals surface area contributed by atoms with Gasteiger partial charge in [0.1, 0.15) is 0 Å². The van der Waals surface area contributed by atoms with Crippen molar-refractivity contribution in [1.82, 2.24) is 14.9 Å². The van der Waals surface area contributed by atoms with Gasteiger partial charge in [-0.25, -0.2) is 19.6 Å². The molecule has 0 bridgehead atoms. The van der Waals surface area contributed by atoms with Crippen molar-refractivity contribution in [2.45, 2.75) is 56.2 Å². The number of phenols is 1. The summed E-state index contributed by atoms with van der Waals surface area (Å²) in [5, 5.41) is 38.4. The summed E-state index contributed by atoms with van der Waals surface area (Å²) in [6.45, 7) is 3.44. The smallest absolute Gasteiger partial charge is 0.490 e. The number of anilines is 1. The van der Waals surface area contributed by atoms with Gasteiger partial charge in [0, 0.05) is 37.0 Å². The molecule has 0 radical (unpaired) electrons. The van der Waals surface area contributed by atoms with Gasteiger partial charge >= 0.3 is 30.0 Å². The van der Waals surface area contributed by atoms with Crippen molar-refractivity contribution in [3.8, 4) is 5.75 Å². The fraction of sp³-hybridized carbons (Fsp3) is 0.500. The van der Waals surface area contributed by atoms with Crippen molar-refractivity contribution < 1.29 is 60.9 Å². The average molecular weight is 625 g/mol. The molecule has 0 amide bonds. The van der Waals surface area contributed by atoms with Crippen LogP contribution in [0.5, 0.6) is 5.75 Å². The second-order valence-corrected chi connectivity index (χ2v) is 9.91. The SMILES string of the molecule is O=C(O)C(F)(F)F.O=C(O)C(F)(F)F.O=[N+]([O-])c1ccc(CN2CCC3(COCc4cnc(NC5CC5)nc43)C2)cc1O. The van der Waals surface area contributed by atoms with E-state index in [2.05, 4.69) is 15.2 Å². The maximum atomic E-state index is 10.9. The molecule has 2 aromatic rings. The Morgan fingerprint density at radius 1 is 1.14 bits per heavy atom. The molecule has 4 N–H and O–H groups in total. The van der Waals surface area contributed by atoms with Crippen LogP contribution in [0.1, 0.15) is 36.1 Å². The highest BCUT2D eigenvalue weighted by molar-refractivity contribution is 5.73. The van der Waals surface area contributed by atoms with Gasteiger partial charge in [0.2, 0.25) is 5.95 Å². The Morgan fingerprint density at radius 3 is 2.26 bits per heavy atom. The maximum Gasteiger partial charge on any atom is 0.490 e. The third-order valence-corrected chi connectivity index (χ3v) is 6.47. The molecule has 19 heteroatoms. The first-order valence-corrected chi connectivity index (χ1v) is 12.4. The molecule has 1 saturated heterocycles. The Morgan fingerprint density at radius 2 is 1.74 bits per heavy atom. The minimum absolute atomic E-state index is 0.167. The molecule has 3 aliphatic rings. The van der Waals surface area contributed by atoms with E-state index >= 15 is 0 Å². The van der Waals surface area contributed by atoms with E-state index in [0.29, 0.717) is 31.7 Å². The quantitative estimate of drug-likeness (QED) is 0.215. The Balaban J connectivity index is 0.000000303. The molecule has 3 heterocycles. The fourth-order valence-corrected chi connectivity index (χ4v) is 4.36. The molecule has 1 aromatic carbocycles. The molecule has 1 spiro atoms. The summed E-state index contributed by atoms with van der Waals surface area (Å²) in [6.07, 6.45) is -5.01. The number of ether oxygens (including phenoxy) is 1. The molecule has 43 heavy (non-hydrogen) atoms. The molecule has 1 aromatic heterocycles. The van der Waals surface area contributed by atoms with Gasteiger partial charge in [-0.05, 0) is 37.4 Å². The number of nitrogens with zero attached hydrogens (tertiary/aromatic N) is 4. The number of carboxylic acids is 2. The zero-order valence-electron chi connectivity index (χ0n) is 22.0. The Hall–Kier alpha value is -4.26. The van der Waals surface area contributed by atoms with E-state index in [0.717, 1.165) is 36.3 Å². The molecule has 1 aliphatic carbocycles. The summed E-state index contributed by atoms with van der Waals surface area (Å²) in [6, 6.07) is 5.04. The van der Waals surface area contributed by atoms with E-state index in [4.69, 9.17) is 29.5 Å². The van der Waals surface area contributed by atoms with Crippen LogP contribution < -0.4 is 5.32 Å². The number of halogens is 6. The van der Waals surface area contributed by atoms with Gasteiger partial charge in [0.15, 0.2) is 5.75 Å². The lowest BCUT2D eigenvalue weighted by Crippen LogP contribution is -2.40. The van der Waals surface area contributed by atoms with Crippen LogP contribution in [-0.2, 0) is 32.9 Å². The number of nitro groups is 1. The van der Waals surface area contributed by atoms with Gasteiger partial charge in [0.25, 0.3) is 0 Å². The lowest BCUT2D eigenvalue weighted by atomic mass is 9.80. The molecular formula is C24H25F6N5O8. The summed E-state index contributed by atoms with van der Waals surface area (Å²) >= 11 is 0. The Kier molecular flexibility index (Phi) is 10.0. The van der Waals surface area contributed by atoms with Crippen LogP contribution >= 0.6 is 0 Å². The molecule has 1 saturated carbocycles. The molecule has 1 unspecified atom stereocenters. The lowest BCUT2D eigenvalue weighted by Gasteiger charge is -2.34. The highest BCUT2D eigenvalue weighted by atomic mass is 19.4. The van der Waals surface area contributed by atoms with Crippen LogP contribution in [0.4, 0.5) is 38.0 Å². The largest absolute Gasteiger partial charge is 0.502 e. The van der Waals surface area contributed by atoms with E-state index in [9.17, 15) is 41.6 Å². The van der Waals surface area contributed by atoms with Gasteiger partial charge in [-0.3, -0.25) is 15.0 Å². The number of rotatable bonds is 5. The Bertz CT molecular complexity index is 1330. The first-order chi connectivity index (χ1) is 19.9. The summed E-state index contributed by atoms with van der Waals surface area (Å²) in [5.74, 6) is -5.11. The second kappa shape index (κ2) is 12.9. The molecule has 13 nitrogen and oxygen atoms in total. The van der Waals surface area contributed by atoms with Crippen LogP contribution in [0, 0.1) is 10.1 Å². The predicted octanol–water partition coefficient (Wildman–Crippen LogP) is 3.61. The number of carboxylic acid groups (broad SMARTS) is 2. The average Bonchev–Trinajstić information content (AvgIpc) is 3.63. The van der Waals surface area contributed by atoms with E-state index in [1.165, 1.54) is 25.0 Å². The highest BCUT2D eigenvalue weighted by Crippen LogP contribution is 2.40. The zero-order chi connectivity index (χ0) is 32.2. The van der Waals surface area contributed by atoms with Crippen LogP contribution in [0.25, 0.3) is 0 Å². The third kappa shape index (κ3) is 9.11. The number of fused-ring (bicyclic) bond motifs is 2. The fourth-order valence-electron chi connectivity index (χ4n) is 4.36. The van der Waals surface area contributed by atoms with Crippen LogP contribution in [-0.4, -0.2) is 85.1 Å². The van der Waals surface area contributed by atoms with E-state index in [1.54, 1.807) is 6.07 Å². The summed E-state index contributed by atoms with van der Waals surface area (Å²) in [7, 11) is 0. The molecule has 2 aliphatic heterocycles. The van der Waals surface area contributed by atoms with Crippen molar-refractivity contribution in [3.05, 3.63) is 51.3 Å². The number of likely N-dealkylation sites (tertiary alicyclic amines) is 1. The number of aliphatic carboxylic acids is 2. The van der Waals surface area contributed by atoms with E-state index < -0.39 is 29.2 Å². The highest BCUT2D eigenvalue weighted by Gasteiger charge is 2.45. The minimum atomic E-state index is -5.08. The third-order valence-electron chi connectivity index (χ3n) is 6.47. The van der Waals surface area contributed by atoms with Crippen LogP contribution in [0.2, 0.25) is 0 Å². The number of alkyl halides is 6. The lowest BCUT2D eigenvalue weighted by molar-refractivity contribution is -0.385. The summed E-state index contributed by atoms with van der Waals surface area (Å²) in [4.78, 5) is 39.7. The first kappa shape index (κ1) is 33.2. The predicted molar refractivity (Wildman–Crippen MR) is 132 cm³/mol. The number of nitro benzene ring substituents is 1. The van der Waals surface area contributed by atoms with E-state index in [-0.39, 0.29) is 16.9 Å². The van der Waals surface area contributed by atoms with Gasteiger partial charge in [0.05, 0.1) is 29.2 Å². The molecule has 236 valence electrons. The van der Waals surface area contributed by atoms with Crippen LogP contribution in [0.15, 0.2) is 24.4 Å². The number of nitrogens with one attached hydrogen (secondary N) is 1. The van der Waals surface area contributed by atoms with Crippen molar-refractivity contribution in [2.75, 3.05) is 25.0 Å². The number of aromatic hydroxyl groups is 1. The molecular weight excluding hydrogens is 600 g/mol. The Labute approximate surface area is 238 Å². The number of carbonyl (C=O) groups is 2. The zero-order valence-corrected chi connectivity index (χ0v) is 22.0. The second-order valence-electron chi connectivity index (χ2n) is 9.91. The van der Waals surface area contributed by atoms with Crippen LogP contribution in [0.3, 0.4) is 0 Å². The standard InChI is InChI=1S/C20H23N5O4.2C2HF3O2/c26-17-7-13(1-4-16(17)25(27)28)9-24-6-5-20(11-24)12-29-10-14-8-21-19(23-18(14)20)22-15-2-3-15;2*3-2(4,5)1(6)7/h1,4,7-8,15,26H,2-3,5-6,9-12H2,(H,21,22,23);2*(H,6,7). The number of phenolic OH excluding ortho intramolecular Hbond substituents is 1. The first-order valence-electron chi connectivity index (χ1n) is 12.4. The summed E-state index contributed by atoms with van der Waals surface area (Å²) in [5.41, 5.74) is 2.54. The van der Waals surface area contributed by atoms with Crippen molar-refractivity contribution in [2.24, 2.45) is 0 Å². The van der Waals surface area contributed by atoms with E-state index in [1.807, 2.05) is 6.20 Å². The monoisotopic (exact) mass is 625 g/mol. The maximum absolute atomic E-state index is 10.9. The van der Waals surface area contributed by atoms with Gasteiger partial charge in [-0.1, -0.05) is 6.07 Å². The van der Waals surface area contributed by atoms with Crippen molar-refractivity contribution in [1.29, 1.82) is 0 Å². The number of benzene rings is 1. The van der Waals surface area contributed by atoms with Gasteiger partial charge in [-0.15, -0.1) is 0 Å². The minimum Gasteiger partial charge on any atom is -0.502 e. The van der Waals surface area contributed by atoms with Crippen molar-refractivity contribution >= 4 is 23.6 Å². The summed E-state index contributed by atoms with van der Waals surface area (Å²) < 4.78 is 69.4. The van der Waals surface area contributed by atoms with Gasteiger partial charge in [-0.2, -0.15) is 26.3 Å². The number of hydrogen-bond acceptors (Lipinski definition) is 10. The van der Waals surface area contributed by atoms with Gasteiger partial charge < -0.3 is 25.4 Å². The topological polar surface area (TPSA) is 188 Å². The molecule has 2 fully saturated rings. The number of aromatic nitrogens is 2. The molecule has 5 rings (SSSR count). The van der Waals surface area contributed by atoms with Crippen molar-refractivity contribution in [3.63, 3.8) is 0 Å².